The molecule has 0 aliphatic carbocycles. The summed E-state index contributed by atoms with van der Waals surface area (Å²) in [5, 5.41) is 4.29. The van der Waals surface area contributed by atoms with Crippen molar-refractivity contribution in [2.24, 2.45) is 0 Å². The molecule has 0 atom stereocenters. The van der Waals surface area contributed by atoms with Crippen molar-refractivity contribution in [3.8, 4) is 0 Å². The summed E-state index contributed by atoms with van der Waals surface area (Å²) in [5.41, 5.74) is 5.22. The van der Waals surface area contributed by atoms with Crippen LogP contribution in [-0.4, -0.2) is 17.6 Å². The van der Waals surface area contributed by atoms with E-state index in [4.69, 9.17) is 4.74 Å². The summed E-state index contributed by atoms with van der Waals surface area (Å²) in [5.74, 6) is -0.385. The molecule has 0 bridgehead atoms. The van der Waals surface area contributed by atoms with Crippen LogP contribution in [0.1, 0.15) is 28.4 Å². The van der Waals surface area contributed by atoms with Crippen LogP contribution in [-0.2, 0) is 4.74 Å². The molecular formula is C20H19BrN2O2. The van der Waals surface area contributed by atoms with Crippen LogP contribution < -0.4 is 5.32 Å². The van der Waals surface area contributed by atoms with Gasteiger partial charge in [0.1, 0.15) is 5.56 Å². The standard InChI is InChI=1S/C20H19BrN2O2/c1-4-25-20(24)16-11-22-18-9-8-14(21)10-15(18)19(16)23-17-7-5-6-12(2)13(17)3/h5-11H,4H2,1-3H3,(H,22,23). The zero-order valence-electron chi connectivity index (χ0n) is 14.4. The lowest BCUT2D eigenvalue weighted by Gasteiger charge is -2.16. The Morgan fingerprint density at radius 2 is 2.04 bits per heavy atom. The molecule has 1 aromatic heterocycles. The summed E-state index contributed by atoms with van der Waals surface area (Å²) in [7, 11) is 0. The first-order valence-corrected chi connectivity index (χ1v) is 8.89. The van der Waals surface area contributed by atoms with Gasteiger partial charge in [0, 0.05) is 21.7 Å². The first kappa shape index (κ1) is 17.4. The van der Waals surface area contributed by atoms with E-state index < -0.39 is 0 Å². The molecule has 0 saturated heterocycles. The largest absolute Gasteiger partial charge is 0.462 e. The molecule has 0 aliphatic rings. The minimum Gasteiger partial charge on any atom is -0.462 e. The number of rotatable bonds is 4. The van der Waals surface area contributed by atoms with Gasteiger partial charge in [0.2, 0.25) is 0 Å². The Labute approximate surface area is 155 Å². The van der Waals surface area contributed by atoms with Crippen molar-refractivity contribution in [3.63, 3.8) is 0 Å². The number of anilines is 2. The predicted octanol–water partition coefficient (Wildman–Crippen LogP) is 5.53. The van der Waals surface area contributed by atoms with Crippen LogP contribution in [0, 0.1) is 13.8 Å². The molecule has 0 spiro atoms. The molecule has 0 aliphatic heterocycles. The average Bonchev–Trinajstić information content (AvgIpc) is 2.59. The molecule has 1 heterocycles. The third-order valence-electron chi connectivity index (χ3n) is 4.19. The van der Waals surface area contributed by atoms with Gasteiger partial charge in [-0.25, -0.2) is 4.79 Å². The summed E-state index contributed by atoms with van der Waals surface area (Å²) < 4.78 is 6.13. The molecule has 0 fully saturated rings. The summed E-state index contributed by atoms with van der Waals surface area (Å²) in [6.07, 6.45) is 1.57. The normalized spacial score (nSPS) is 10.7. The van der Waals surface area contributed by atoms with Gasteiger partial charge in [-0.05, 0) is 56.2 Å². The van der Waals surface area contributed by atoms with E-state index >= 15 is 0 Å². The van der Waals surface area contributed by atoms with Crippen molar-refractivity contribution in [1.29, 1.82) is 0 Å². The Balaban J connectivity index is 2.21. The fourth-order valence-corrected chi connectivity index (χ4v) is 3.05. The first-order chi connectivity index (χ1) is 12.0. The molecule has 0 amide bonds. The molecule has 3 aromatic rings. The van der Waals surface area contributed by atoms with Gasteiger partial charge >= 0.3 is 5.97 Å². The van der Waals surface area contributed by atoms with Gasteiger partial charge in [-0.2, -0.15) is 0 Å². The summed E-state index contributed by atoms with van der Waals surface area (Å²) in [6.45, 7) is 6.23. The van der Waals surface area contributed by atoms with Crippen LogP contribution in [0.2, 0.25) is 0 Å². The predicted molar refractivity (Wildman–Crippen MR) is 105 cm³/mol. The Bertz CT molecular complexity index is 954. The average molecular weight is 399 g/mol. The fraction of sp³-hybridized carbons (Fsp3) is 0.200. The van der Waals surface area contributed by atoms with Crippen molar-refractivity contribution < 1.29 is 9.53 Å². The van der Waals surface area contributed by atoms with Crippen LogP contribution in [0.3, 0.4) is 0 Å². The third-order valence-corrected chi connectivity index (χ3v) is 4.68. The van der Waals surface area contributed by atoms with Crippen molar-refractivity contribution in [2.75, 3.05) is 11.9 Å². The molecule has 0 radical (unpaired) electrons. The van der Waals surface area contributed by atoms with E-state index in [1.54, 1.807) is 13.1 Å². The fourth-order valence-electron chi connectivity index (χ4n) is 2.68. The molecule has 4 nitrogen and oxygen atoms in total. The van der Waals surface area contributed by atoms with E-state index in [1.807, 2.05) is 30.3 Å². The highest BCUT2D eigenvalue weighted by Gasteiger charge is 2.18. The number of nitrogens with one attached hydrogen (secondary N) is 1. The number of halogens is 1. The number of benzene rings is 2. The van der Waals surface area contributed by atoms with Crippen molar-refractivity contribution in [1.82, 2.24) is 4.98 Å². The highest BCUT2D eigenvalue weighted by molar-refractivity contribution is 9.10. The van der Waals surface area contributed by atoms with Crippen LogP contribution in [0.4, 0.5) is 11.4 Å². The molecule has 0 saturated carbocycles. The smallest absolute Gasteiger partial charge is 0.341 e. The Morgan fingerprint density at radius 1 is 1.24 bits per heavy atom. The topological polar surface area (TPSA) is 51.2 Å². The lowest BCUT2D eigenvalue weighted by molar-refractivity contribution is 0.0527. The maximum atomic E-state index is 12.4. The molecular weight excluding hydrogens is 380 g/mol. The van der Waals surface area contributed by atoms with Gasteiger partial charge in [0.05, 0.1) is 17.8 Å². The van der Waals surface area contributed by atoms with E-state index in [-0.39, 0.29) is 5.97 Å². The van der Waals surface area contributed by atoms with Gasteiger partial charge < -0.3 is 10.1 Å². The van der Waals surface area contributed by atoms with E-state index in [2.05, 4.69) is 46.1 Å². The molecule has 2 aromatic carbocycles. The maximum Gasteiger partial charge on any atom is 0.341 e. The monoisotopic (exact) mass is 398 g/mol. The number of ether oxygens (including phenoxy) is 1. The van der Waals surface area contributed by atoms with Crippen molar-refractivity contribution in [3.05, 3.63) is 63.8 Å². The van der Waals surface area contributed by atoms with Gasteiger partial charge in [-0.3, -0.25) is 4.98 Å². The van der Waals surface area contributed by atoms with Crippen molar-refractivity contribution >= 4 is 44.2 Å². The zero-order chi connectivity index (χ0) is 18.0. The third kappa shape index (κ3) is 3.51. The van der Waals surface area contributed by atoms with Gasteiger partial charge in [-0.1, -0.05) is 28.1 Å². The minimum atomic E-state index is -0.385. The Hall–Kier alpha value is -2.40. The lowest BCUT2D eigenvalue weighted by atomic mass is 10.1. The number of carbonyl (C=O) groups excluding carboxylic acids is 1. The first-order valence-electron chi connectivity index (χ1n) is 8.10. The minimum absolute atomic E-state index is 0.318. The molecule has 5 heteroatoms. The van der Waals surface area contributed by atoms with E-state index in [1.165, 1.54) is 5.56 Å². The molecule has 3 rings (SSSR count). The lowest BCUT2D eigenvalue weighted by Crippen LogP contribution is -2.09. The number of hydrogen-bond acceptors (Lipinski definition) is 4. The van der Waals surface area contributed by atoms with E-state index in [0.29, 0.717) is 17.9 Å². The van der Waals surface area contributed by atoms with Crippen LogP contribution in [0.25, 0.3) is 10.9 Å². The summed E-state index contributed by atoms with van der Waals surface area (Å²) >= 11 is 3.50. The molecule has 0 unspecified atom stereocenters. The molecule has 25 heavy (non-hydrogen) atoms. The number of aryl methyl sites for hydroxylation is 1. The Morgan fingerprint density at radius 3 is 2.80 bits per heavy atom. The second-order valence-electron chi connectivity index (χ2n) is 5.80. The SMILES string of the molecule is CCOC(=O)c1cnc2ccc(Br)cc2c1Nc1cccc(C)c1C. The second kappa shape index (κ2) is 7.23. The van der Waals surface area contributed by atoms with Gasteiger partial charge in [-0.15, -0.1) is 0 Å². The number of pyridine rings is 1. The highest BCUT2D eigenvalue weighted by atomic mass is 79.9. The highest BCUT2D eigenvalue weighted by Crippen LogP contribution is 2.33. The van der Waals surface area contributed by atoms with E-state index in [9.17, 15) is 4.79 Å². The Kier molecular flexibility index (Phi) is 5.04. The van der Waals surface area contributed by atoms with Crippen molar-refractivity contribution in [2.45, 2.75) is 20.8 Å². The van der Waals surface area contributed by atoms with Gasteiger partial charge in [0.15, 0.2) is 0 Å². The number of esters is 1. The molecule has 1 N–H and O–H groups in total. The number of fused-ring (bicyclic) bond motifs is 1. The quantitative estimate of drug-likeness (QED) is 0.586. The molecule has 128 valence electrons. The second-order valence-corrected chi connectivity index (χ2v) is 6.72. The summed E-state index contributed by atoms with van der Waals surface area (Å²) in [6, 6.07) is 11.9. The van der Waals surface area contributed by atoms with Gasteiger partial charge in [0.25, 0.3) is 0 Å². The zero-order valence-corrected chi connectivity index (χ0v) is 16.0. The van der Waals surface area contributed by atoms with Crippen LogP contribution in [0.15, 0.2) is 47.1 Å². The number of aromatic nitrogens is 1. The number of nitrogens with zero attached hydrogens (tertiary/aromatic N) is 1. The number of carbonyl (C=O) groups is 1. The van der Waals surface area contributed by atoms with Crippen LogP contribution >= 0.6 is 15.9 Å². The summed E-state index contributed by atoms with van der Waals surface area (Å²) in [4.78, 5) is 16.8. The van der Waals surface area contributed by atoms with E-state index in [0.717, 1.165) is 26.6 Å². The maximum absolute atomic E-state index is 12.4. The van der Waals surface area contributed by atoms with Crippen LogP contribution in [0.5, 0.6) is 0 Å². The number of hydrogen-bond donors (Lipinski definition) is 1.